The molecule has 1 N–H and O–H groups in total. The maximum absolute atomic E-state index is 12.5. The molecule has 2 amide bonds. The summed E-state index contributed by atoms with van der Waals surface area (Å²) in [5.74, 6) is -0.0391. The molecule has 0 aliphatic heterocycles. The fraction of sp³-hybridized carbons (Fsp3) is 0.579. The van der Waals surface area contributed by atoms with Gasteiger partial charge in [0.1, 0.15) is 5.60 Å². The quantitative estimate of drug-likeness (QED) is 0.869. The fourth-order valence-electron chi connectivity index (χ4n) is 2.49. The largest absolute Gasteiger partial charge is 0.444 e. The van der Waals surface area contributed by atoms with Gasteiger partial charge in [0, 0.05) is 25.6 Å². The number of carbonyl (C=O) groups is 2. The molecule has 0 aromatic heterocycles. The number of benzene rings is 1. The van der Waals surface area contributed by atoms with Crippen LogP contribution in [0, 0.1) is 5.92 Å². The second-order valence-electron chi connectivity index (χ2n) is 7.36. The van der Waals surface area contributed by atoms with Crippen LogP contribution in [0.25, 0.3) is 0 Å². The van der Waals surface area contributed by atoms with Gasteiger partial charge in [-0.2, -0.15) is 0 Å². The highest BCUT2D eigenvalue weighted by Crippen LogP contribution is 2.11. The molecular formula is C19H30N2O3. The lowest BCUT2D eigenvalue weighted by Gasteiger charge is -2.26. The molecule has 134 valence electrons. The Kier molecular flexibility index (Phi) is 7.26. The minimum atomic E-state index is -0.532. The number of likely N-dealkylation sites (N-methyl/N-ethyl adjacent to an activating group) is 1. The molecule has 0 radical (unpaired) electrons. The highest BCUT2D eigenvalue weighted by Gasteiger charge is 2.22. The maximum Gasteiger partial charge on any atom is 0.407 e. The predicted octanol–water partition coefficient (Wildman–Crippen LogP) is 3.24. The number of nitrogens with one attached hydrogen (secondary N) is 1. The van der Waals surface area contributed by atoms with Crippen LogP contribution in [0.15, 0.2) is 30.3 Å². The Labute approximate surface area is 145 Å². The van der Waals surface area contributed by atoms with Crippen molar-refractivity contribution >= 4 is 12.0 Å². The average molecular weight is 334 g/mol. The third-order valence-corrected chi connectivity index (χ3v) is 3.49. The lowest BCUT2D eigenvalue weighted by molar-refractivity contribution is -0.133. The summed E-state index contributed by atoms with van der Waals surface area (Å²) >= 11 is 0. The van der Waals surface area contributed by atoms with Crippen LogP contribution in [0.4, 0.5) is 4.79 Å². The van der Waals surface area contributed by atoms with Crippen molar-refractivity contribution in [2.45, 2.75) is 52.7 Å². The van der Waals surface area contributed by atoms with Crippen LogP contribution in [-0.2, 0) is 16.0 Å². The minimum absolute atomic E-state index is 0.0664. The van der Waals surface area contributed by atoms with Crippen LogP contribution < -0.4 is 5.32 Å². The Balaban J connectivity index is 2.46. The molecule has 0 bridgehead atoms. The molecule has 0 saturated carbocycles. The first-order chi connectivity index (χ1) is 11.1. The molecule has 0 aliphatic carbocycles. The van der Waals surface area contributed by atoms with E-state index in [0.717, 1.165) is 5.56 Å². The zero-order valence-electron chi connectivity index (χ0n) is 15.6. The van der Waals surface area contributed by atoms with E-state index in [1.807, 2.05) is 65.0 Å². The third-order valence-electron chi connectivity index (χ3n) is 3.49. The third kappa shape index (κ3) is 7.49. The zero-order valence-corrected chi connectivity index (χ0v) is 15.6. The van der Waals surface area contributed by atoms with Gasteiger partial charge in [0.15, 0.2) is 0 Å². The number of alkyl carbamates (subject to hydrolysis) is 1. The van der Waals surface area contributed by atoms with E-state index in [2.05, 4.69) is 5.32 Å². The summed E-state index contributed by atoms with van der Waals surface area (Å²) in [6.07, 6.45) is 0.242. The molecule has 0 saturated heterocycles. The topological polar surface area (TPSA) is 58.6 Å². The Hall–Kier alpha value is -2.04. The summed E-state index contributed by atoms with van der Waals surface area (Å²) in [4.78, 5) is 25.9. The van der Waals surface area contributed by atoms with Crippen LogP contribution in [0.3, 0.4) is 0 Å². The minimum Gasteiger partial charge on any atom is -0.444 e. The van der Waals surface area contributed by atoms with Gasteiger partial charge in [-0.05, 0) is 39.7 Å². The molecule has 2 unspecified atom stereocenters. The summed E-state index contributed by atoms with van der Waals surface area (Å²) in [5, 5.41) is 2.76. The molecular weight excluding hydrogens is 304 g/mol. The van der Waals surface area contributed by atoms with Crippen molar-refractivity contribution in [3.05, 3.63) is 35.9 Å². The van der Waals surface area contributed by atoms with E-state index in [9.17, 15) is 9.59 Å². The SMILES string of the molecule is CC(CN(C)C(=O)C(C)Cc1ccccc1)NC(=O)OC(C)(C)C. The molecule has 5 nitrogen and oxygen atoms in total. The monoisotopic (exact) mass is 334 g/mol. The molecule has 0 aliphatic rings. The van der Waals surface area contributed by atoms with Crippen molar-refractivity contribution in [1.29, 1.82) is 0 Å². The van der Waals surface area contributed by atoms with Crippen LogP contribution in [0.1, 0.15) is 40.2 Å². The molecule has 0 spiro atoms. The fourth-order valence-corrected chi connectivity index (χ4v) is 2.49. The predicted molar refractivity (Wildman–Crippen MR) is 95.8 cm³/mol. The number of nitrogens with zero attached hydrogens (tertiary/aromatic N) is 1. The highest BCUT2D eigenvalue weighted by molar-refractivity contribution is 5.78. The first-order valence-electron chi connectivity index (χ1n) is 8.37. The van der Waals surface area contributed by atoms with E-state index in [1.54, 1.807) is 11.9 Å². The number of carbonyl (C=O) groups excluding carboxylic acids is 2. The molecule has 24 heavy (non-hydrogen) atoms. The second-order valence-corrected chi connectivity index (χ2v) is 7.36. The summed E-state index contributed by atoms with van der Waals surface area (Å²) in [7, 11) is 1.76. The number of amides is 2. The Bertz CT molecular complexity index is 537. The zero-order chi connectivity index (χ0) is 18.3. The molecule has 1 aromatic rings. The first kappa shape index (κ1) is 20.0. The van der Waals surface area contributed by atoms with E-state index < -0.39 is 11.7 Å². The van der Waals surface area contributed by atoms with Gasteiger partial charge in [-0.3, -0.25) is 4.79 Å². The van der Waals surface area contributed by atoms with Gasteiger partial charge in [-0.1, -0.05) is 37.3 Å². The lowest BCUT2D eigenvalue weighted by atomic mass is 10.00. The van der Waals surface area contributed by atoms with Crippen LogP contribution in [0.5, 0.6) is 0 Å². The molecule has 1 rings (SSSR count). The van der Waals surface area contributed by atoms with Gasteiger partial charge < -0.3 is 15.0 Å². The van der Waals surface area contributed by atoms with Gasteiger partial charge in [0.2, 0.25) is 5.91 Å². The van der Waals surface area contributed by atoms with Crippen LogP contribution in [-0.4, -0.2) is 42.1 Å². The van der Waals surface area contributed by atoms with Crippen LogP contribution in [0.2, 0.25) is 0 Å². The van der Waals surface area contributed by atoms with E-state index in [4.69, 9.17) is 4.74 Å². The number of ether oxygens (including phenoxy) is 1. The summed E-state index contributed by atoms with van der Waals surface area (Å²) in [5.41, 5.74) is 0.613. The molecule has 0 heterocycles. The first-order valence-corrected chi connectivity index (χ1v) is 8.37. The number of hydrogen-bond donors (Lipinski definition) is 1. The van der Waals surface area contributed by atoms with Gasteiger partial charge in [0.05, 0.1) is 0 Å². The lowest BCUT2D eigenvalue weighted by Crippen LogP contribution is -2.45. The van der Waals surface area contributed by atoms with E-state index in [-0.39, 0.29) is 17.9 Å². The van der Waals surface area contributed by atoms with Crippen LogP contribution >= 0.6 is 0 Å². The van der Waals surface area contributed by atoms with Crippen molar-refractivity contribution in [2.75, 3.05) is 13.6 Å². The normalized spacial score (nSPS) is 13.8. The number of rotatable bonds is 6. The van der Waals surface area contributed by atoms with Crippen molar-refractivity contribution < 1.29 is 14.3 Å². The summed E-state index contributed by atoms with van der Waals surface area (Å²) < 4.78 is 5.22. The van der Waals surface area contributed by atoms with E-state index in [1.165, 1.54) is 0 Å². The maximum atomic E-state index is 12.5. The summed E-state index contributed by atoms with van der Waals surface area (Å²) in [6, 6.07) is 9.78. The second kappa shape index (κ2) is 8.71. The highest BCUT2D eigenvalue weighted by atomic mass is 16.6. The number of hydrogen-bond acceptors (Lipinski definition) is 3. The standard InChI is InChI=1S/C19H30N2O3/c1-14(12-16-10-8-7-9-11-16)17(22)21(6)13-15(2)20-18(23)24-19(3,4)5/h7-11,14-15H,12-13H2,1-6H3,(H,20,23). The van der Waals surface area contributed by atoms with E-state index >= 15 is 0 Å². The van der Waals surface area contributed by atoms with Gasteiger partial charge in [0.25, 0.3) is 0 Å². The molecule has 1 aromatic carbocycles. The molecule has 0 fully saturated rings. The van der Waals surface area contributed by atoms with Gasteiger partial charge in [-0.25, -0.2) is 4.79 Å². The van der Waals surface area contributed by atoms with Crippen molar-refractivity contribution in [1.82, 2.24) is 10.2 Å². The van der Waals surface area contributed by atoms with E-state index in [0.29, 0.717) is 13.0 Å². The van der Waals surface area contributed by atoms with Crippen molar-refractivity contribution in [2.24, 2.45) is 5.92 Å². The van der Waals surface area contributed by atoms with Gasteiger partial charge in [-0.15, -0.1) is 0 Å². The Morgan fingerprint density at radius 3 is 2.29 bits per heavy atom. The van der Waals surface area contributed by atoms with Crippen molar-refractivity contribution in [3.8, 4) is 0 Å². The Morgan fingerprint density at radius 2 is 1.75 bits per heavy atom. The summed E-state index contributed by atoms with van der Waals surface area (Å²) in [6.45, 7) is 9.68. The Morgan fingerprint density at radius 1 is 1.17 bits per heavy atom. The van der Waals surface area contributed by atoms with Gasteiger partial charge >= 0.3 is 6.09 Å². The molecule has 5 heteroatoms. The molecule has 2 atom stereocenters. The van der Waals surface area contributed by atoms with Crippen molar-refractivity contribution in [3.63, 3.8) is 0 Å². The smallest absolute Gasteiger partial charge is 0.407 e. The average Bonchev–Trinajstić information content (AvgIpc) is 2.44.